The van der Waals surface area contributed by atoms with Crippen LogP contribution in [0.2, 0.25) is 0 Å². The molecule has 0 radical (unpaired) electrons. The van der Waals surface area contributed by atoms with Crippen LogP contribution in [0.15, 0.2) is 12.3 Å². The Morgan fingerprint density at radius 3 is 2.55 bits per heavy atom. The first-order valence-corrected chi connectivity index (χ1v) is 5.57. The maximum Gasteiger partial charge on any atom is 0.342 e. The van der Waals surface area contributed by atoms with E-state index in [1.54, 1.807) is 0 Å². The van der Waals surface area contributed by atoms with Gasteiger partial charge in [0.15, 0.2) is 0 Å². The predicted molar refractivity (Wildman–Crippen MR) is 63.1 cm³/mol. The predicted octanol–water partition coefficient (Wildman–Crippen LogP) is -0.0353. The number of aliphatic hydroxyl groups excluding tert-OH is 2. The summed E-state index contributed by atoms with van der Waals surface area (Å²) in [5, 5.41) is 19.5. The standard InChI is InChI=1S/C12H14FNO6/c1-19-9(16)4-8(15)10(17)6-3-7(12(18)20-2)11(13)14-5-6/h3,5,8,10,15,17H,4H2,1-2H3. The molecule has 0 saturated heterocycles. The molecule has 0 saturated carbocycles. The summed E-state index contributed by atoms with van der Waals surface area (Å²) < 4.78 is 22.0. The second kappa shape index (κ2) is 6.92. The fourth-order valence-corrected chi connectivity index (χ4v) is 1.47. The fourth-order valence-electron chi connectivity index (χ4n) is 1.47. The van der Waals surface area contributed by atoms with E-state index in [4.69, 9.17) is 0 Å². The second-order valence-corrected chi connectivity index (χ2v) is 3.89. The minimum atomic E-state index is -1.52. The van der Waals surface area contributed by atoms with Gasteiger partial charge in [-0.25, -0.2) is 9.78 Å². The van der Waals surface area contributed by atoms with E-state index in [-0.39, 0.29) is 5.56 Å². The summed E-state index contributed by atoms with van der Waals surface area (Å²) in [6, 6.07) is 0.999. The van der Waals surface area contributed by atoms with Crippen molar-refractivity contribution in [1.82, 2.24) is 4.98 Å². The summed E-state index contributed by atoms with van der Waals surface area (Å²) in [5.41, 5.74) is -0.502. The Kier molecular flexibility index (Phi) is 5.53. The Bertz CT molecular complexity index is 507. The zero-order chi connectivity index (χ0) is 15.3. The molecule has 8 heteroatoms. The average Bonchev–Trinajstić information content (AvgIpc) is 2.45. The fraction of sp³-hybridized carbons (Fsp3) is 0.417. The summed E-state index contributed by atoms with van der Waals surface area (Å²) in [6.07, 6.45) is -2.50. The van der Waals surface area contributed by atoms with Crippen molar-refractivity contribution in [3.63, 3.8) is 0 Å². The van der Waals surface area contributed by atoms with E-state index in [9.17, 15) is 24.2 Å². The van der Waals surface area contributed by atoms with Gasteiger partial charge in [0.25, 0.3) is 0 Å². The average molecular weight is 287 g/mol. The molecule has 0 amide bonds. The van der Waals surface area contributed by atoms with Crippen LogP contribution in [0.3, 0.4) is 0 Å². The lowest BCUT2D eigenvalue weighted by Crippen LogP contribution is -2.23. The van der Waals surface area contributed by atoms with Crippen LogP contribution in [0.1, 0.15) is 28.4 Å². The molecule has 1 aromatic heterocycles. The van der Waals surface area contributed by atoms with E-state index in [2.05, 4.69) is 14.5 Å². The molecule has 0 aliphatic heterocycles. The summed E-state index contributed by atoms with van der Waals surface area (Å²) in [7, 11) is 2.20. The number of hydrogen-bond donors (Lipinski definition) is 2. The summed E-state index contributed by atoms with van der Waals surface area (Å²) in [4.78, 5) is 25.6. The molecule has 0 aliphatic carbocycles. The van der Waals surface area contributed by atoms with E-state index in [1.165, 1.54) is 0 Å². The normalized spacial score (nSPS) is 13.4. The number of ether oxygens (including phenoxy) is 2. The van der Waals surface area contributed by atoms with E-state index in [1.807, 2.05) is 0 Å². The highest BCUT2D eigenvalue weighted by molar-refractivity contribution is 5.89. The number of aliphatic hydroxyl groups is 2. The van der Waals surface area contributed by atoms with E-state index in [0.717, 1.165) is 26.5 Å². The number of hydrogen-bond acceptors (Lipinski definition) is 7. The lowest BCUT2D eigenvalue weighted by molar-refractivity contribution is -0.144. The molecule has 2 unspecified atom stereocenters. The van der Waals surface area contributed by atoms with Gasteiger partial charge in [-0.05, 0) is 6.07 Å². The molecule has 7 nitrogen and oxygen atoms in total. The third kappa shape index (κ3) is 3.72. The Morgan fingerprint density at radius 1 is 1.35 bits per heavy atom. The van der Waals surface area contributed by atoms with Gasteiger partial charge in [0.1, 0.15) is 11.7 Å². The van der Waals surface area contributed by atoms with Crippen LogP contribution in [0.4, 0.5) is 4.39 Å². The van der Waals surface area contributed by atoms with Crippen molar-refractivity contribution in [2.75, 3.05) is 14.2 Å². The van der Waals surface area contributed by atoms with Gasteiger partial charge in [0, 0.05) is 11.8 Å². The van der Waals surface area contributed by atoms with Crippen LogP contribution in [-0.2, 0) is 14.3 Å². The number of pyridine rings is 1. The maximum atomic E-state index is 13.3. The van der Waals surface area contributed by atoms with Crippen molar-refractivity contribution in [3.8, 4) is 0 Å². The molecule has 0 bridgehead atoms. The SMILES string of the molecule is COC(=O)CC(O)C(O)c1cnc(F)c(C(=O)OC)c1. The van der Waals surface area contributed by atoms with Gasteiger partial charge in [-0.2, -0.15) is 4.39 Å². The van der Waals surface area contributed by atoms with Gasteiger partial charge in [0.2, 0.25) is 5.95 Å². The van der Waals surface area contributed by atoms with Gasteiger partial charge in [-0.1, -0.05) is 0 Å². The Morgan fingerprint density at radius 2 is 2.00 bits per heavy atom. The van der Waals surface area contributed by atoms with Crippen LogP contribution in [0.25, 0.3) is 0 Å². The zero-order valence-corrected chi connectivity index (χ0v) is 10.9. The van der Waals surface area contributed by atoms with Gasteiger partial charge in [-0.3, -0.25) is 4.79 Å². The van der Waals surface area contributed by atoms with Crippen molar-refractivity contribution in [2.24, 2.45) is 0 Å². The molecule has 2 N–H and O–H groups in total. The highest BCUT2D eigenvalue weighted by Gasteiger charge is 2.24. The van der Waals surface area contributed by atoms with Gasteiger partial charge >= 0.3 is 11.9 Å². The molecule has 0 spiro atoms. The van der Waals surface area contributed by atoms with Crippen molar-refractivity contribution in [1.29, 1.82) is 0 Å². The van der Waals surface area contributed by atoms with E-state index < -0.39 is 42.1 Å². The molecule has 1 heterocycles. The first kappa shape index (κ1) is 16.0. The number of methoxy groups -OCH3 is 2. The third-order valence-corrected chi connectivity index (χ3v) is 2.57. The minimum absolute atomic E-state index is 0.0248. The van der Waals surface area contributed by atoms with Crippen LogP contribution >= 0.6 is 0 Å². The highest BCUT2D eigenvalue weighted by Crippen LogP contribution is 2.21. The van der Waals surface area contributed by atoms with Gasteiger partial charge in [-0.15, -0.1) is 0 Å². The molecule has 2 atom stereocenters. The van der Waals surface area contributed by atoms with Gasteiger partial charge < -0.3 is 19.7 Å². The number of esters is 2. The van der Waals surface area contributed by atoms with E-state index in [0.29, 0.717) is 0 Å². The summed E-state index contributed by atoms with van der Waals surface area (Å²) in [5.74, 6) is -2.75. The van der Waals surface area contributed by atoms with Crippen molar-refractivity contribution in [2.45, 2.75) is 18.6 Å². The Balaban J connectivity index is 2.96. The first-order valence-electron chi connectivity index (χ1n) is 5.57. The van der Waals surface area contributed by atoms with Crippen LogP contribution < -0.4 is 0 Å². The number of nitrogens with zero attached hydrogens (tertiary/aromatic N) is 1. The van der Waals surface area contributed by atoms with Crippen molar-refractivity contribution in [3.05, 3.63) is 29.3 Å². The molecule has 110 valence electrons. The first-order chi connectivity index (χ1) is 9.40. The minimum Gasteiger partial charge on any atom is -0.469 e. The maximum absolute atomic E-state index is 13.3. The van der Waals surface area contributed by atoms with Crippen molar-refractivity contribution >= 4 is 11.9 Å². The third-order valence-electron chi connectivity index (χ3n) is 2.57. The Labute approximate surface area is 114 Å². The largest absolute Gasteiger partial charge is 0.469 e. The topological polar surface area (TPSA) is 106 Å². The zero-order valence-electron chi connectivity index (χ0n) is 10.9. The molecule has 20 heavy (non-hydrogen) atoms. The quantitative estimate of drug-likeness (QED) is 0.578. The molecule has 1 aromatic rings. The van der Waals surface area contributed by atoms with E-state index >= 15 is 0 Å². The summed E-state index contributed by atoms with van der Waals surface area (Å²) >= 11 is 0. The smallest absolute Gasteiger partial charge is 0.342 e. The van der Waals surface area contributed by atoms with Crippen molar-refractivity contribution < 1.29 is 33.7 Å². The monoisotopic (exact) mass is 287 g/mol. The highest BCUT2D eigenvalue weighted by atomic mass is 19.1. The molecule has 1 rings (SSSR count). The number of carbonyl (C=O) groups excluding carboxylic acids is 2. The van der Waals surface area contributed by atoms with Crippen LogP contribution in [-0.4, -0.2) is 47.5 Å². The lowest BCUT2D eigenvalue weighted by atomic mass is 10.0. The molecule has 0 fully saturated rings. The number of carbonyl (C=O) groups is 2. The molecule has 0 aliphatic rings. The molecular formula is C12H14FNO6. The van der Waals surface area contributed by atoms with Crippen LogP contribution in [0, 0.1) is 5.95 Å². The Hall–Kier alpha value is -2.06. The summed E-state index contributed by atoms with van der Waals surface area (Å²) in [6.45, 7) is 0. The van der Waals surface area contributed by atoms with Crippen LogP contribution in [0.5, 0.6) is 0 Å². The number of halogens is 1. The second-order valence-electron chi connectivity index (χ2n) is 3.89. The molecule has 0 aromatic carbocycles. The number of rotatable bonds is 5. The number of aromatic nitrogens is 1. The molecular weight excluding hydrogens is 273 g/mol. The van der Waals surface area contributed by atoms with Gasteiger partial charge in [0.05, 0.1) is 26.7 Å². The lowest BCUT2D eigenvalue weighted by Gasteiger charge is -2.17.